The van der Waals surface area contributed by atoms with Gasteiger partial charge in [0, 0.05) is 10.8 Å². The van der Waals surface area contributed by atoms with Crippen molar-refractivity contribution in [3.05, 3.63) is 60.4 Å². The first-order valence-electron chi connectivity index (χ1n) is 8.46. The summed E-state index contributed by atoms with van der Waals surface area (Å²) in [5, 5.41) is 18.7. The maximum atomic E-state index is 5.58. The lowest BCUT2D eigenvalue weighted by Crippen LogP contribution is -2.00. The number of rotatable bonds is 6. The summed E-state index contributed by atoms with van der Waals surface area (Å²) in [5.74, 6) is 1.51. The Kier molecular flexibility index (Phi) is 4.42. The molecule has 7 nitrogen and oxygen atoms in total. The molecule has 26 heavy (non-hydrogen) atoms. The van der Waals surface area contributed by atoms with Crippen molar-refractivity contribution in [2.24, 2.45) is 5.10 Å². The SMILES string of the molecule is CCCOc1ccc(C=NNc2nn3cnnc3c3ccccc23)cc1. The first-order valence-corrected chi connectivity index (χ1v) is 8.46. The van der Waals surface area contributed by atoms with Gasteiger partial charge in [0.05, 0.1) is 12.8 Å². The average molecular weight is 346 g/mol. The summed E-state index contributed by atoms with van der Waals surface area (Å²) in [5.41, 5.74) is 4.71. The summed E-state index contributed by atoms with van der Waals surface area (Å²) in [6, 6.07) is 15.7. The number of hydrazone groups is 1. The fourth-order valence-corrected chi connectivity index (χ4v) is 2.65. The van der Waals surface area contributed by atoms with Gasteiger partial charge in [0.2, 0.25) is 0 Å². The number of nitrogens with zero attached hydrogens (tertiary/aromatic N) is 5. The van der Waals surface area contributed by atoms with Crippen LogP contribution in [0.4, 0.5) is 5.82 Å². The molecule has 0 atom stereocenters. The van der Waals surface area contributed by atoms with Gasteiger partial charge in [-0.25, -0.2) is 0 Å². The van der Waals surface area contributed by atoms with Gasteiger partial charge in [-0.1, -0.05) is 31.2 Å². The van der Waals surface area contributed by atoms with Crippen molar-refractivity contribution in [3.63, 3.8) is 0 Å². The second kappa shape index (κ2) is 7.18. The summed E-state index contributed by atoms with van der Waals surface area (Å²) in [6.07, 6.45) is 4.31. The molecule has 0 radical (unpaired) electrons. The highest BCUT2D eigenvalue weighted by Gasteiger charge is 2.08. The minimum Gasteiger partial charge on any atom is -0.494 e. The van der Waals surface area contributed by atoms with Gasteiger partial charge in [-0.2, -0.15) is 9.62 Å². The van der Waals surface area contributed by atoms with Crippen LogP contribution in [-0.2, 0) is 0 Å². The zero-order chi connectivity index (χ0) is 17.8. The molecular formula is C19H18N6O. The normalized spacial score (nSPS) is 11.4. The van der Waals surface area contributed by atoms with Crippen molar-refractivity contribution in [3.8, 4) is 5.75 Å². The molecule has 2 heterocycles. The molecule has 0 aliphatic rings. The zero-order valence-corrected chi connectivity index (χ0v) is 14.3. The van der Waals surface area contributed by atoms with Gasteiger partial charge in [-0.15, -0.1) is 15.3 Å². The average Bonchev–Trinajstić information content (AvgIpc) is 3.16. The number of hydrogen-bond donors (Lipinski definition) is 1. The van der Waals surface area contributed by atoms with Crippen LogP contribution in [0.3, 0.4) is 0 Å². The van der Waals surface area contributed by atoms with Crippen LogP contribution in [0.25, 0.3) is 16.4 Å². The second-order valence-corrected chi connectivity index (χ2v) is 5.78. The van der Waals surface area contributed by atoms with Crippen molar-refractivity contribution in [2.75, 3.05) is 12.0 Å². The molecule has 0 fully saturated rings. The Labute approximate surface area is 150 Å². The quantitative estimate of drug-likeness (QED) is 0.427. The van der Waals surface area contributed by atoms with E-state index in [-0.39, 0.29) is 0 Å². The molecule has 2 aromatic heterocycles. The fourth-order valence-electron chi connectivity index (χ4n) is 2.65. The molecule has 4 rings (SSSR count). The first kappa shape index (κ1) is 16.0. The Morgan fingerprint density at radius 3 is 2.73 bits per heavy atom. The number of ether oxygens (including phenoxy) is 1. The third kappa shape index (κ3) is 3.19. The molecule has 0 aliphatic heterocycles. The van der Waals surface area contributed by atoms with Crippen LogP contribution in [0, 0.1) is 0 Å². The van der Waals surface area contributed by atoms with Crippen molar-refractivity contribution >= 4 is 28.5 Å². The largest absolute Gasteiger partial charge is 0.494 e. The Hall–Kier alpha value is -3.48. The molecule has 0 unspecified atom stereocenters. The topological polar surface area (TPSA) is 76.7 Å². The van der Waals surface area contributed by atoms with Crippen molar-refractivity contribution in [1.82, 2.24) is 19.8 Å². The number of fused-ring (bicyclic) bond motifs is 3. The molecule has 4 aromatic rings. The number of aromatic nitrogens is 4. The van der Waals surface area contributed by atoms with E-state index in [9.17, 15) is 0 Å². The van der Waals surface area contributed by atoms with E-state index in [0.717, 1.165) is 40.8 Å². The molecule has 7 heteroatoms. The Morgan fingerprint density at radius 1 is 1.12 bits per heavy atom. The summed E-state index contributed by atoms with van der Waals surface area (Å²) in [6.45, 7) is 2.81. The van der Waals surface area contributed by atoms with Gasteiger partial charge < -0.3 is 4.74 Å². The molecule has 0 aliphatic carbocycles. The van der Waals surface area contributed by atoms with Crippen molar-refractivity contribution < 1.29 is 4.74 Å². The summed E-state index contributed by atoms with van der Waals surface area (Å²) in [4.78, 5) is 0. The number of nitrogens with one attached hydrogen (secondary N) is 1. The highest BCUT2D eigenvalue weighted by molar-refractivity contribution is 5.99. The molecule has 0 amide bonds. The second-order valence-electron chi connectivity index (χ2n) is 5.78. The molecule has 0 spiro atoms. The maximum Gasteiger partial charge on any atom is 0.185 e. The van der Waals surface area contributed by atoms with Gasteiger partial charge in [0.15, 0.2) is 11.5 Å². The molecule has 2 aromatic carbocycles. The third-order valence-electron chi connectivity index (χ3n) is 3.90. The van der Waals surface area contributed by atoms with Gasteiger partial charge in [-0.3, -0.25) is 5.43 Å². The lowest BCUT2D eigenvalue weighted by Gasteiger charge is -2.06. The van der Waals surface area contributed by atoms with E-state index in [4.69, 9.17) is 4.74 Å². The predicted molar refractivity (Wildman–Crippen MR) is 102 cm³/mol. The van der Waals surface area contributed by atoms with Crippen LogP contribution >= 0.6 is 0 Å². The molecule has 0 saturated carbocycles. The van der Waals surface area contributed by atoms with E-state index in [1.54, 1.807) is 17.1 Å². The maximum absolute atomic E-state index is 5.58. The fraction of sp³-hybridized carbons (Fsp3) is 0.158. The van der Waals surface area contributed by atoms with Gasteiger partial charge in [0.25, 0.3) is 0 Å². The van der Waals surface area contributed by atoms with Gasteiger partial charge >= 0.3 is 0 Å². The lowest BCUT2D eigenvalue weighted by atomic mass is 10.2. The third-order valence-corrected chi connectivity index (χ3v) is 3.90. The summed E-state index contributed by atoms with van der Waals surface area (Å²) >= 11 is 0. The van der Waals surface area contributed by atoms with Gasteiger partial charge in [-0.05, 0) is 36.2 Å². The minimum atomic E-state index is 0.645. The van der Waals surface area contributed by atoms with E-state index in [2.05, 4.69) is 32.7 Å². The minimum absolute atomic E-state index is 0.645. The van der Waals surface area contributed by atoms with Crippen LogP contribution < -0.4 is 10.2 Å². The highest BCUT2D eigenvalue weighted by Crippen LogP contribution is 2.23. The first-order chi connectivity index (χ1) is 12.8. The smallest absolute Gasteiger partial charge is 0.185 e. The Bertz CT molecular complexity index is 1050. The van der Waals surface area contributed by atoms with Gasteiger partial charge in [0.1, 0.15) is 12.1 Å². The predicted octanol–water partition coefficient (Wildman–Crippen LogP) is 3.51. The standard InChI is InChI=1S/C19H18N6O/c1-2-11-26-15-9-7-14(8-10-15)12-20-22-18-16-5-3-4-6-17(16)19-23-21-13-25(19)24-18/h3-10,12-13H,2,11H2,1H3,(H,22,24). The monoisotopic (exact) mass is 346 g/mol. The van der Waals surface area contributed by atoms with Crippen LogP contribution in [0.5, 0.6) is 5.75 Å². The van der Waals surface area contributed by atoms with E-state index >= 15 is 0 Å². The van der Waals surface area contributed by atoms with Crippen LogP contribution in [0.15, 0.2) is 60.0 Å². The molecule has 130 valence electrons. The Morgan fingerprint density at radius 2 is 1.92 bits per heavy atom. The zero-order valence-electron chi connectivity index (χ0n) is 14.3. The number of benzene rings is 2. The molecule has 1 N–H and O–H groups in total. The van der Waals surface area contributed by atoms with E-state index in [0.29, 0.717) is 5.82 Å². The van der Waals surface area contributed by atoms with Crippen LogP contribution in [0.1, 0.15) is 18.9 Å². The number of hydrogen-bond acceptors (Lipinski definition) is 6. The van der Waals surface area contributed by atoms with Crippen molar-refractivity contribution in [1.29, 1.82) is 0 Å². The molecule has 0 bridgehead atoms. The summed E-state index contributed by atoms with van der Waals surface area (Å²) < 4.78 is 7.22. The van der Waals surface area contributed by atoms with E-state index in [1.165, 1.54) is 0 Å². The van der Waals surface area contributed by atoms with Crippen LogP contribution in [0.2, 0.25) is 0 Å². The molecular weight excluding hydrogens is 328 g/mol. The highest BCUT2D eigenvalue weighted by atomic mass is 16.5. The van der Waals surface area contributed by atoms with Crippen LogP contribution in [-0.4, -0.2) is 32.6 Å². The lowest BCUT2D eigenvalue weighted by molar-refractivity contribution is 0.317. The molecule has 0 saturated heterocycles. The number of anilines is 1. The van der Waals surface area contributed by atoms with E-state index in [1.807, 2.05) is 48.5 Å². The van der Waals surface area contributed by atoms with E-state index < -0.39 is 0 Å². The Balaban J connectivity index is 1.56. The van der Waals surface area contributed by atoms with Crippen molar-refractivity contribution in [2.45, 2.75) is 13.3 Å². The summed E-state index contributed by atoms with van der Waals surface area (Å²) in [7, 11) is 0.